The fourth-order valence-electron chi connectivity index (χ4n) is 3.27. The third-order valence-electron chi connectivity index (χ3n) is 4.73. The van der Waals surface area contributed by atoms with E-state index in [0.29, 0.717) is 12.0 Å². The molecule has 1 heterocycles. The first-order chi connectivity index (χ1) is 11.2. The predicted octanol–water partition coefficient (Wildman–Crippen LogP) is 4.75. The number of ether oxygens (including phenoxy) is 2. The average Bonchev–Trinajstić information content (AvgIpc) is 2.58. The molecule has 2 rings (SSSR count). The molecule has 1 aliphatic rings. The van der Waals surface area contributed by atoms with E-state index in [0.717, 1.165) is 29.8 Å². The minimum Gasteiger partial charge on any atom is -0.494 e. The Kier molecular flexibility index (Phi) is 8.41. The number of halogens is 1. The van der Waals surface area contributed by atoms with Crippen molar-refractivity contribution in [3.8, 4) is 5.75 Å². The Morgan fingerprint density at radius 2 is 2.00 bits per heavy atom. The molecule has 0 unspecified atom stereocenters. The zero-order valence-electron chi connectivity index (χ0n) is 14.5. The second-order valence-corrected chi connectivity index (χ2v) is 7.34. The lowest BCUT2D eigenvalue weighted by Gasteiger charge is -2.37. The molecule has 1 aliphatic heterocycles. The van der Waals surface area contributed by atoms with E-state index in [9.17, 15) is 0 Å². The van der Waals surface area contributed by atoms with Gasteiger partial charge in [0, 0.05) is 18.1 Å². The summed E-state index contributed by atoms with van der Waals surface area (Å²) in [7, 11) is 1.85. The van der Waals surface area contributed by atoms with Gasteiger partial charge in [0.25, 0.3) is 0 Å². The molecule has 0 aliphatic carbocycles. The highest BCUT2D eigenvalue weighted by atomic mass is 79.9. The summed E-state index contributed by atoms with van der Waals surface area (Å²) in [5, 5.41) is 0. The topological polar surface area (TPSA) is 21.7 Å². The maximum Gasteiger partial charge on any atom is 0.119 e. The van der Waals surface area contributed by atoms with E-state index in [1.54, 1.807) is 0 Å². The SMILES string of the molecule is CCCCCN1CC[C@H](CCOc2ccc(Br)cc2)[C@@H](OC)C1. The molecule has 23 heavy (non-hydrogen) atoms. The summed E-state index contributed by atoms with van der Waals surface area (Å²) in [4.78, 5) is 2.57. The Balaban J connectivity index is 1.71. The van der Waals surface area contributed by atoms with E-state index in [4.69, 9.17) is 9.47 Å². The summed E-state index contributed by atoms with van der Waals surface area (Å²) >= 11 is 3.44. The van der Waals surface area contributed by atoms with Crippen molar-refractivity contribution in [1.82, 2.24) is 4.90 Å². The molecule has 1 aromatic rings. The van der Waals surface area contributed by atoms with E-state index in [-0.39, 0.29) is 0 Å². The van der Waals surface area contributed by atoms with Gasteiger partial charge in [-0.1, -0.05) is 35.7 Å². The molecule has 0 amide bonds. The van der Waals surface area contributed by atoms with Gasteiger partial charge in [0.2, 0.25) is 0 Å². The largest absolute Gasteiger partial charge is 0.494 e. The standard InChI is InChI=1S/C19H30BrNO2/c1-3-4-5-12-21-13-10-16(19(15-21)22-2)11-14-23-18-8-6-17(20)7-9-18/h6-9,16,19H,3-5,10-15H2,1-2H3/t16-,19+/m1/s1. The summed E-state index contributed by atoms with van der Waals surface area (Å²) in [6.45, 7) is 6.52. The van der Waals surface area contributed by atoms with Gasteiger partial charge in [-0.25, -0.2) is 0 Å². The predicted molar refractivity (Wildman–Crippen MR) is 99.1 cm³/mol. The highest BCUT2D eigenvalue weighted by molar-refractivity contribution is 9.10. The smallest absolute Gasteiger partial charge is 0.119 e. The Hall–Kier alpha value is -0.580. The Bertz CT molecular complexity index is 438. The van der Waals surface area contributed by atoms with Gasteiger partial charge in [0.1, 0.15) is 5.75 Å². The molecule has 4 heteroatoms. The van der Waals surface area contributed by atoms with Crippen molar-refractivity contribution in [2.24, 2.45) is 5.92 Å². The molecule has 2 atom stereocenters. The van der Waals surface area contributed by atoms with Gasteiger partial charge in [-0.3, -0.25) is 0 Å². The van der Waals surface area contributed by atoms with Crippen molar-refractivity contribution in [2.45, 2.75) is 45.1 Å². The van der Waals surface area contributed by atoms with Crippen molar-refractivity contribution in [3.63, 3.8) is 0 Å². The third-order valence-corrected chi connectivity index (χ3v) is 5.26. The van der Waals surface area contributed by atoms with Crippen LogP contribution in [-0.4, -0.2) is 44.4 Å². The Morgan fingerprint density at radius 3 is 2.70 bits per heavy atom. The normalized spacial score (nSPS) is 22.2. The van der Waals surface area contributed by atoms with E-state index in [1.807, 2.05) is 31.4 Å². The van der Waals surface area contributed by atoms with Gasteiger partial charge >= 0.3 is 0 Å². The van der Waals surface area contributed by atoms with E-state index in [2.05, 4.69) is 27.8 Å². The number of hydrogen-bond acceptors (Lipinski definition) is 3. The van der Waals surface area contributed by atoms with Crippen LogP contribution in [0.25, 0.3) is 0 Å². The maximum atomic E-state index is 5.87. The number of hydrogen-bond donors (Lipinski definition) is 0. The Labute approximate surface area is 149 Å². The van der Waals surface area contributed by atoms with Gasteiger partial charge in [-0.2, -0.15) is 0 Å². The summed E-state index contributed by atoms with van der Waals surface area (Å²) in [6, 6.07) is 8.05. The van der Waals surface area contributed by atoms with Crippen molar-refractivity contribution in [1.29, 1.82) is 0 Å². The number of nitrogens with zero attached hydrogens (tertiary/aromatic N) is 1. The zero-order chi connectivity index (χ0) is 16.5. The maximum absolute atomic E-state index is 5.87. The number of rotatable bonds is 9. The summed E-state index contributed by atoms with van der Waals surface area (Å²) in [6.07, 6.45) is 6.56. The zero-order valence-corrected chi connectivity index (χ0v) is 16.1. The first-order valence-corrected chi connectivity index (χ1v) is 9.65. The molecule has 1 aromatic carbocycles. The molecule has 0 radical (unpaired) electrons. The first-order valence-electron chi connectivity index (χ1n) is 8.86. The highest BCUT2D eigenvalue weighted by Gasteiger charge is 2.28. The Morgan fingerprint density at radius 1 is 1.22 bits per heavy atom. The van der Waals surface area contributed by atoms with Crippen LogP contribution in [-0.2, 0) is 4.74 Å². The number of benzene rings is 1. The van der Waals surface area contributed by atoms with Gasteiger partial charge < -0.3 is 14.4 Å². The lowest BCUT2D eigenvalue weighted by molar-refractivity contribution is -0.0180. The van der Waals surface area contributed by atoms with Gasteiger partial charge in [0.05, 0.1) is 12.7 Å². The first kappa shape index (κ1) is 18.8. The molecule has 130 valence electrons. The summed E-state index contributed by atoms with van der Waals surface area (Å²) in [5.74, 6) is 1.55. The van der Waals surface area contributed by atoms with Crippen LogP contribution < -0.4 is 4.74 Å². The van der Waals surface area contributed by atoms with Crippen LogP contribution in [0, 0.1) is 5.92 Å². The lowest BCUT2D eigenvalue weighted by atomic mass is 9.91. The minimum absolute atomic E-state index is 0.346. The third kappa shape index (κ3) is 6.44. The molecule has 1 fully saturated rings. The molecular weight excluding hydrogens is 354 g/mol. The minimum atomic E-state index is 0.346. The highest BCUT2D eigenvalue weighted by Crippen LogP contribution is 2.24. The number of piperidine rings is 1. The molecule has 0 saturated carbocycles. The second kappa shape index (κ2) is 10.3. The number of likely N-dealkylation sites (tertiary alicyclic amines) is 1. The van der Waals surface area contributed by atoms with Gasteiger partial charge in [-0.15, -0.1) is 0 Å². The molecule has 0 N–H and O–H groups in total. The number of methoxy groups -OCH3 is 1. The molecule has 0 aromatic heterocycles. The molecule has 1 saturated heterocycles. The molecule has 3 nitrogen and oxygen atoms in total. The molecule has 0 bridgehead atoms. The van der Waals surface area contributed by atoms with Crippen molar-refractivity contribution >= 4 is 15.9 Å². The van der Waals surface area contributed by atoms with Crippen LogP contribution in [0.1, 0.15) is 39.0 Å². The van der Waals surface area contributed by atoms with Gasteiger partial charge in [0.15, 0.2) is 0 Å². The van der Waals surface area contributed by atoms with Crippen LogP contribution in [0.2, 0.25) is 0 Å². The average molecular weight is 384 g/mol. The van der Waals surface area contributed by atoms with Crippen LogP contribution in [0.4, 0.5) is 0 Å². The van der Waals surface area contributed by atoms with Gasteiger partial charge in [-0.05, 0) is 62.5 Å². The van der Waals surface area contributed by atoms with E-state index in [1.165, 1.54) is 38.8 Å². The molecular formula is C19H30BrNO2. The van der Waals surface area contributed by atoms with Crippen molar-refractivity contribution in [3.05, 3.63) is 28.7 Å². The van der Waals surface area contributed by atoms with Crippen molar-refractivity contribution in [2.75, 3.05) is 33.4 Å². The quantitative estimate of drug-likeness (QED) is 0.574. The summed E-state index contributed by atoms with van der Waals surface area (Å²) in [5.41, 5.74) is 0. The van der Waals surface area contributed by atoms with Crippen LogP contribution in [0.15, 0.2) is 28.7 Å². The second-order valence-electron chi connectivity index (χ2n) is 6.42. The van der Waals surface area contributed by atoms with Crippen LogP contribution in [0.5, 0.6) is 5.75 Å². The monoisotopic (exact) mass is 383 g/mol. The van der Waals surface area contributed by atoms with E-state index < -0.39 is 0 Å². The number of unbranched alkanes of at least 4 members (excludes halogenated alkanes) is 2. The lowest BCUT2D eigenvalue weighted by Crippen LogP contribution is -2.45. The fraction of sp³-hybridized carbons (Fsp3) is 0.684. The molecule has 0 spiro atoms. The van der Waals surface area contributed by atoms with Crippen molar-refractivity contribution < 1.29 is 9.47 Å². The van der Waals surface area contributed by atoms with Crippen LogP contribution >= 0.6 is 15.9 Å². The fourth-order valence-corrected chi connectivity index (χ4v) is 3.54. The summed E-state index contributed by atoms with van der Waals surface area (Å²) < 4.78 is 12.7. The van der Waals surface area contributed by atoms with E-state index >= 15 is 0 Å². The van der Waals surface area contributed by atoms with Crippen LogP contribution in [0.3, 0.4) is 0 Å².